The maximum Gasteiger partial charge on any atom is 0.224 e. The molecule has 2 unspecified atom stereocenters. The molecule has 1 spiro atoms. The van der Waals surface area contributed by atoms with Crippen LogP contribution < -0.4 is 0 Å². The second kappa shape index (κ2) is 8.67. The molecular weight excluding hydrogens is 420 g/mol. The summed E-state index contributed by atoms with van der Waals surface area (Å²) >= 11 is 6.39. The minimum atomic E-state index is -3.44. The quantitative estimate of drug-likeness (QED) is 0.710. The van der Waals surface area contributed by atoms with Crippen LogP contribution in [0.15, 0.2) is 48.8 Å². The molecule has 1 aromatic carbocycles. The van der Waals surface area contributed by atoms with Gasteiger partial charge >= 0.3 is 0 Å². The predicted octanol–water partition coefficient (Wildman–Crippen LogP) is 4.05. The molecule has 0 N–H and O–H groups in total. The number of hydrogen-bond acceptors (Lipinski definition) is 4. The van der Waals surface area contributed by atoms with E-state index in [0.717, 1.165) is 30.4 Å². The summed E-state index contributed by atoms with van der Waals surface area (Å²) in [6.07, 6.45) is 7.25. The summed E-state index contributed by atoms with van der Waals surface area (Å²) in [6.45, 7) is 0.629. The van der Waals surface area contributed by atoms with Crippen LogP contribution in [0, 0.1) is 5.92 Å². The fraction of sp³-hybridized carbons (Fsp3) is 0.478. The van der Waals surface area contributed by atoms with Gasteiger partial charge in [0, 0.05) is 36.9 Å². The molecule has 2 aliphatic rings. The van der Waals surface area contributed by atoms with Crippen LogP contribution in [0.2, 0.25) is 5.02 Å². The molecule has 1 amide bonds. The van der Waals surface area contributed by atoms with E-state index < -0.39 is 14.6 Å². The second-order valence-corrected chi connectivity index (χ2v) is 11.3. The van der Waals surface area contributed by atoms with Crippen LogP contribution in [-0.2, 0) is 27.6 Å². The van der Waals surface area contributed by atoms with Crippen LogP contribution in [0.25, 0.3) is 0 Å². The number of benzene rings is 1. The molecular formula is C23H27ClN2O3S. The number of hydrogen-bond donors (Lipinski definition) is 0. The Labute approximate surface area is 183 Å². The summed E-state index contributed by atoms with van der Waals surface area (Å²) in [7, 11) is -3.44. The van der Waals surface area contributed by atoms with Gasteiger partial charge in [-0.2, -0.15) is 0 Å². The maximum absolute atomic E-state index is 13.6. The van der Waals surface area contributed by atoms with Crippen molar-refractivity contribution in [2.45, 2.75) is 49.8 Å². The molecule has 1 aliphatic carbocycles. The zero-order valence-corrected chi connectivity index (χ0v) is 18.5. The Morgan fingerprint density at radius 3 is 2.77 bits per heavy atom. The van der Waals surface area contributed by atoms with Crippen molar-refractivity contribution in [1.29, 1.82) is 0 Å². The van der Waals surface area contributed by atoms with E-state index in [9.17, 15) is 13.2 Å². The van der Waals surface area contributed by atoms with Gasteiger partial charge in [0.05, 0.1) is 10.5 Å². The van der Waals surface area contributed by atoms with E-state index in [-0.39, 0.29) is 30.5 Å². The lowest BCUT2D eigenvalue weighted by atomic mass is 9.73. The van der Waals surface area contributed by atoms with Gasteiger partial charge in [-0.1, -0.05) is 48.7 Å². The number of pyridine rings is 1. The molecule has 2 heterocycles. The van der Waals surface area contributed by atoms with E-state index in [1.807, 2.05) is 36.4 Å². The highest BCUT2D eigenvalue weighted by Gasteiger charge is 2.53. The van der Waals surface area contributed by atoms with Gasteiger partial charge in [0.1, 0.15) is 0 Å². The van der Waals surface area contributed by atoms with Gasteiger partial charge in [0.25, 0.3) is 0 Å². The van der Waals surface area contributed by atoms with Crippen LogP contribution in [0.3, 0.4) is 0 Å². The van der Waals surface area contributed by atoms with E-state index in [2.05, 4.69) is 4.98 Å². The Hall–Kier alpha value is -1.92. The molecule has 1 aromatic heterocycles. The fourth-order valence-electron chi connectivity index (χ4n) is 5.06. The van der Waals surface area contributed by atoms with Crippen molar-refractivity contribution in [3.63, 3.8) is 0 Å². The lowest BCUT2D eigenvalue weighted by Gasteiger charge is -2.42. The smallest absolute Gasteiger partial charge is 0.224 e. The molecule has 2 fully saturated rings. The molecule has 30 heavy (non-hydrogen) atoms. The SMILES string of the molecule is O=C1CC2(CCCCC2Cc2ccccc2Cl)S(=O)(=O)CCN1Cc1cccnc1. The Bertz CT molecular complexity index is 1010. The van der Waals surface area contributed by atoms with E-state index >= 15 is 0 Å². The van der Waals surface area contributed by atoms with E-state index in [1.54, 1.807) is 17.3 Å². The van der Waals surface area contributed by atoms with Crippen molar-refractivity contribution in [2.75, 3.05) is 12.3 Å². The van der Waals surface area contributed by atoms with Crippen LogP contribution in [0.1, 0.15) is 43.2 Å². The highest BCUT2D eigenvalue weighted by molar-refractivity contribution is 7.92. The Kier molecular flexibility index (Phi) is 6.16. The summed E-state index contributed by atoms with van der Waals surface area (Å²) in [4.78, 5) is 19.1. The third-order valence-corrected chi connectivity index (χ3v) is 9.73. The van der Waals surface area contributed by atoms with E-state index in [1.165, 1.54) is 0 Å². The van der Waals surface area contributed by atoms with Crippen LogP contribution in [0.4, 0.5) is 0 Å². The standard InChI is InChI=1S/C23H27ClN2O3S/c24-21-9-2-1-7-19(21)14-20-8-3-4-10-23(20)15-22(27)26(12-13-30(23,28)29)17-18-6-5-11-25-16-18/h1-2,5-7,9,11,16,20H,3-4,8,10,12-15,17H2. The van der Waals surface area contributed by atoms with Gasteiger partial charge in [-0.25, -0.2) is 8.42 Å². The zero-order valence-electron chi connectivity index (χ0n) is 17.0. The first-order valence-corrected chi connectivity index (χ1v) is 12.6. The largest absolute Gasteiger partial charge is 0.337 e. The lowest BCUT2D eigenvalue weighted by molar-refractivity contribution is -0.132. The van der Waals surface area contributed by atoms with Crippen molar-refractivity contribution in [2.24, 2.45) is 5.92 Å². The average molecular weight is 447 g/mol. The summed E-state index contributed by atoms with van der Waals surface area (Å²) in [6, 6.07) is 11.4. The molecule has 0 bridgehead atoms. The molecule has 1 aliphatic heterocycles. The molecule has 160 valence electrons. The Morgan fingerprint density at radius 2 is 2.00 bits per heavy atom. The normalized spacial score (nSPS) is 26.5. The first kappa shape index (κ1) is 21.3. The van der Waals surface area contributed by atoms with E-state index in [4.69, 9.17) is 11.6 Å². The molecule has 1 saturated heterocycles. The van der Waals surface area contributed by atoms with Crippen molar-refractivity contribution < 1.29 is 13.2 Å². The highest BCUT2D eigenvalue weighted by atomic mass is 35.5. The zero-order chi connectivity index (χ0) is 21.2. The molecule has 7 heteroatoms. The number of aromatic nitrogens is 1. The van der Waals surface area contributed by atoms with Crippen molar-refractivity contribution >= 4 is 27.3 Å². The Balaban J connectivity index is 1.64. The minimum Gasteiger partial charge on any atom is -0.337 e. The fourth-order valence-corrected chi connectivity index (χ4v) is 7.65. The van der Waals surface area contributed by atoms with Gasteiger partial charge in [-0.05, 0) is 48.4 Å². The average Bonchev–Trinajstić information content (AvgIpc) is 2.82. The van der Waals surface area contributed by atoms with Gasteiger partial charge < -0.3 is 4.90 Å². The highest BCUT2D eigenvalue weighted by Crippen LogP contribution is 2.46. The number of rotatable bonds is 4. The monoisotopic (exact) mass is 446 g/mol. The molecule has 0 radical (unpaired) electrons. The van der Waals surface area contributed by atoms with Gasteiger partial charge in [-0.15, -0.1) is 0 Å². The third kappa shape index (κ3) is 4.12. The molecule has 2 aromatic rings. The predicted molar refractivity (Wildman–Crippen MR) is 118 cm³/mol. The Morgan fingerprint density at radius 1 is 1.17 bits per heavy atom. The second-order valence-electron chi connectivity index (χ2n) is 8.48. The van der Waals surface area contributed by atoms with Crippen molar-refractivity contribution in [3.05, 3.63) is 64.9 Å². The summed E-state index contributed by atoms with van der Waals surface area (Å²) in [5.41, 5.74) is 1.88. The number of nitrogens with zero attached hydrogens (tertiary/aromatic N) is 2. The van der Waals surface area contributed by atoms with Crippen molar-refractivity contribution in [3.8, 4) is 0 Å². The van der Waals surface area contributed by atoms with Gasteiger partial charge in [0.2, 0.25) is 5.91 Å². The van der Waals surface area contributed by atoms with Gasteiger partial charge in [-0.3, -0.25) is 9.78 Å². The number of sulfone groups is 1. The molecule has 5 nitrogen and oxygen atoms in total. The summed E-state index contributed by atoms with van der Waals surface area (Å²) in [5.74, 6) is -0.165. The minimum absolute atomic E-state index is 0.0119. The van der Waals surface area contributed by atoms with Gasteiger partial charge in [0.15, 0.2) is 9.84 Å². The topological polar surface area (TPSA) is 67.3 Å². The van der Waals surface area contributed by atoms with Crippen molar-refractivity contribution in [1.82, 2.24) is 9.88 Å². The molecule has 2 atom stereocenters. The molecule has 4 rings (SSSR count). The lowest BCUT2D eigenvalue weighted by Crippen LogP contribution is -2.50. The summed E-state index contributed by atoms with van der Waals surface area (Å²) < 4.78 is 26.2. The number of carbonyl (C=O) groups excluding carboxylic acids is 1. The first-order chi connectivity index (χ1) is 14.4. The number of amides is 1. The molecule has 1 saturated carbocycles. The third-order valence-electron chi connectivity index (χ3n) is 6.72. The summed E-state index contributed by atoms with van der Waals surface area (Å²) in [5, 5.41) is 0.661. The first-order valence-electron chi connectivity index (χ1n) is 10.5. The van der Waals surface area contributed by atoms with Crippen LogP contribution in [0.5, 0.6) is 0 Å². The van der Waals surface area contributed by atoms with Crippen LogP contribution >= 0.6 is 11.6 Å². The number of halogens is 1. The maximum atomic E-state index is 13.6. The van der Waals surface area contributed by atoms with Crippen LogP contribution in [-0.4, -0.2) is 41.3 Å². The van der Waals surface area contributed by atoms with E-state index in [0.29, 0.717) is 24.4 Å². The number of carbonyl (C=O) groups is 1.